The summed E-state index contributed by atoms with van der Waals surface area (Å²) in [6.07, 6.45) is 0. The van der Waals surface area contributed by atoms with Crippen LogP contribution in [0.2, 0.25) is 0 Å². The van der Waals surface area contributed by atoms with E-state index in [4.69, 9.17) is 5.11 Å². The lowest BCUT2D eigenvalue weighted by Crippen LogP contribution is -2.58. The van der Waals surface area contributed by atoms with Gasteiger partial charge in [-0.05, 0) is 18.3 Å². The SMILES string of the molecule is CC(CO)C(C)N1CC(C)(C)C1. The Morgan fingerprint density at radius 3 is 2.17 bits per heavy atom. The van der Waals surface area contributed by atoms with Gasteiger partial charge in [0.1, 0.15) is 0 Å². The van der Waals surface area contributed by atoms with Gasteiger partial charge in [0.15, 0.2) is 0 Å². The molecule has 1 fully saturated rings. The van der Waals surface area contributed by atoms with Crippen molar-refractivity contribution in [3.63, 3.8) is 0 Å². The van der Waals surface area contributed by atoms with Gasteiger partial charge in [-0.3, -0.25) is 4.90 Å². The number of rotatable bonds is 3. The molecule has 0 saturated carbocycles. The Balaban J connectivity index is 2.32. The van der Waals surface area contributed by atoms with Gasteiger partial charge in [0.25, 0.3) is 0 Å². The Bertz CT molecular complexity index is 148. The topological polar surface area (TPSA) is 23.5 Å². The van der Waals surface area contributed by atoms with E-state index in [9.17, 15) is 0 Å². The van der Waals surface area contributed by atoms with Crippen molar-refractivity contribution in [1.29, 1.82) is 0 Å². The average molecular weight is 171 g/mol. The van der Waals surface area contributed by atoms with Crippen LogP contribution in [-0.4, -0.2) is 35.7 Å². The maximum absolute atomic E-state index is 8.98. The van der Waals surface area contributed by atoms with Gasteiger partial charge in [-0.1, -0.05) is 20.8 Å². The van der Waals surface area contributed by atoms with Gasteiger partial charge in [0, 0.05) is 25.7 Å². The molecule has 12 heavy (non-hydrogen) atoms. The first-order valence-corrected chi connectivity index (χ1v) is 4.81. The zero-order valence-corrected chi connectivity index (χ0v) is 8.67. The molecule has 1 saturated heterocycles. The third-order valence-corrected chi connectivity index (χ3v) is 2.95. The van der Waals surface area contributed by atoms with E-state index in [0.29, 0.717) is 24.0 Å². The minimum absolute atomic E-state index is 0.304. The Hall–Kier alpha value is -0.0800. The minimum atomic E-state index is 0.304. The monoisotopic (exact) mass is 171 g/mol. The van der Waals surface area contributed by atoms with E-state index in [1.807, 2.05) is 0 Å². The van der Waals surface area contributed by atoms with E-state index < -0.39 is 0 Å². The van der Waals surface area contributed by atoms with Gasteiger partial charge in [-0.2, -0.15) is 0 Å². The van der Waals surface area contributed by atoms with Crippen LogP contribution in [0, 0.1) is 11.3 Å². The molecule has 0 amide bonds. The number of likely N-dealkylation sites (tertiary alicyclic amines) is 1. The molecule has 2 atom stereocenters. The maximum atomic E-state index is 8.98. The zero-order chi connectivity index (χ0) is 9.35. The molecule has 0 bridgehead atoms. The van der Waals surface area contributed by atoms with E-state index >= 15 is 0 Å². The molecule has 2 nitrogen and oxygen atoms in total. The van der Waals surface area contributed by atoms with Crippen LogP contribution in [0.1, 0.15) is 27.7 Å². The first-order chi connectivity index (χ1) is 5.46. The maximum Gasteiger partial charge on any atom is 0.0471 e. The van der Waals surface area contributed by atoms with Crippen molar-refractivity contribution in [3.8, 4) is 0 Å². The molecule has 0 aromatic rings. The van der Waals surface area contributed by atoms with Crippen LogP contribution in [0.15, 0.2) is 0 Å². The molecule has 1 aliphatic heterocycles. The van der Waals surface area contributed by atoms with Gasteiger partial charge in [0.05, 0.1) is 0 Å². The van der Waals surface area contributed by atoms with Crippen LogP contribution in [0.25, 0.3) is 0 Å². The van der Waals surface area contributed by atoms with Crippen molar-refractivity contribution in [3.05, 3.63) is 0 Å². The van der Waals surface area contributed by atoms with Crippen LogP contribution < -0.4 is 0 Å². The summed E-state index contributed by atoms with van der Waals surface area (Å²) in [6.45, 7) is 11.6. The Labute approximate surface area is 75.6 Å². The summed E-state index contributed by atoms with van der Waals surface area (Å²) in [4.78, 5) is 2.45. The molecule has 2 unspecified atom stereocenters. The summed E-state index contributed by atoms with van der Waals surface area (Å²) in [7, 11) is 0. The zero-order valence-electron chi connectivity index (χ0n) is 8.67. The molecular formula is C10H21NO. The highest BCUT2D eigenvalue weighted by atomic mass is 16.3. The number of nitrogens with zero attached hydrogens (tertiary/aromatic N) is 1. The highest BCUT2D eigenvalue weighted by molar-refractivity contribution is 4.91. The van der Waals surface area contributed by atoms with E-state index in [1.165, 1.54) is 13.1 Å². The minimum Gasteiger partial charge on any atom is -0.396 e. The van der Waals surface area contributed by atoms with Crippen molar-refractivity contribution < 1.29 is 5.11 Å². The van der Waals surface area contributed by atoms with Crippen molar-refractivity contribution >= 4 is 0 Å². The van der Waals surface area contributed by atoms with Crippen LogP contribution >= 0.6 is 0 Å². The third kappa shape index (κ3) is 1.99. The summed E-state index contributed by atoms with van der Waals surface area (Å²) < 4.78 is 0. The first kappa shape index (κ1) is 10.0. The summed E-state index contributed by atoms with van der Waals surface area (Å²) >= 11 is 0. The van der Waals surface area contributed by atoms with Crippen molar-refractivity contribution in [2.24, 2.45) is 11.3 Å². The molecule has 2 heteroatoms. The van der Waals surface area contributed by atoms with E-state index in [0.717, 1.165) is 0 Å². The molecule has 1 N–H and O–H groups in total. The van der Waals surface area contributed by atoms with Gasteiger partial charge in [0.2, 0.25) is 0 Å². The van der Waals surface area contributed by atoms with Crippen LogP contribution in [0.4, 0.5) is 0 Å². The predicted octanol–water partition coefficient (Wildman–Crippen LogP) is 1.35. The summed E-state index contributed by atoms with van der Waals surface area (Å²) in [6, 6.07) is 0.531. The van der Waals surface area contributed by atoms with Gasteiger partial charge >= 0.3 is 0 Å². The van der Waals surface area contributed by atoms with Crippen LogP contribution in [-0.2, 0) is 0 Å². The lowest BCUT2D eigenvalue weighted by Gasteiger charge is -2.50. The molecule has 0 spiro atoms. The molecule has 0 aliphatic carbocycles. The molecule has 1 heterocycles. The van der Waals surface area contributed by atoms with Crippen LogP contribution in [0.3, 0.4) is 0 Å². The van der Waals surface area contributed by atoms with Crippen molar-refractivity contribution in [2.75, 3.05) is 19.7 Å². The van der Waals surface area contributed by atoms with Gasteiger partial charge in [-0.15, -0.1) is 0 Å². The summed E-state index contributed by atoms with van der Waals surface area (Å²) in [5.41, 5.74) is 0.503. The molecule has 0 aromatic carbocycles. The number of aliphatic hydroxyl groups is 1. The summed E-state index contributed by atoms with van der Waals surface area (Å²) in [5, 5.41) is 8.98. The lowest BCUT2D eigenvalue weighted by atomic mass is 9.82. The number of aliphatic hydroxyl groups excluding tert-OH is 1. The normalized spacial score (nSPS) is 27.8. The second-order valence-corrected chi connectivity index (χ2v) is 4.97. The molecule has 1 rings (SSSR count). The fourth-order valence-corrected chi connectivity index (χ4v) is 1.85. The van der Waals surface area contributed by atoms with Gasteiger partial charge in [-0.25, -0.2) is 0 Å². The molecule has 72 valence electrons. The Morgan fingerprint density at radius 2 is 1.83 bits per heavy atom. The van der Waals surface area contributed by atoms with E-state index in [1.54, 1.807) is 0 Å². The lowest BCUT2D eigenvalue weighted by molar-refractivity contribution is -0.0248. The second kappa shape index (κ2) is 3.35. The molecule has 0 radical (unpaired) electrons. The molecule has 0 aromatic heterocycles. The fourth-order valence-electron chi connectivity index (χ4n) is 1.85. The third-order valence-electron chi connectivity index (χ3n) is 2.95. The average Bonchev–Trinajstić information content (AvgIpc) is 1.97. The smallest absolute Gasteiger partial charge is 0.0471 e. The standard InChI is InChI=1S/C10H21NO/c1-8(5-12)9(2)11-6-10(3,4)7-11/h8-9,12H,5-7H2,1-4H3. The Kier molecular flexibility index (Phi) is 2.79. The highest BCUT2D eigenvalue weighted by Crippen LogP contribution is 2.31. The van der Waals surface area contributed by atoms with Crippen molar-refractivity contribution in [1.82, 2.24) is 4.90 Å². The van der Waals surface area contributed by atoms with Crippen molar-refractivity contribution in [2.45, 2.75) is 33.7 Å². The van der Waals surface area contributed by atoms with E-state index in [2.05, 4.69) is 32.6 Å². The van der Waals surface area contributed by atoms with Gasteiger partial charge < -0.3 is 5.11 Å². The van der Waals surface area contributed by atoms with Crippen LogP contribution in [0.5, 0.6) is 0 Å². The Morgan fingerprint density at radius 1 is 1.33 bits per heavy atom. The van der Waals surface area contributed by atoms with E-state index in [-0.39, 0.29) is 0 Å². The second-order valence-electron chi connectivity index (χ2n) is 4.97. The number of hydrogen-bond acceptors (Lipinski definition) is 2. The first-order valence-electron chi connectivity index (χ1n) is 4.81. The number of hydrogen-bond donors (Lipinski definition) is 1. The molecule has 1 aliphatic rings. The highest BCUT2D eigenvalue weighted by Gasteiger charge is 2.37. The molecular weight excluding hydrogens is 150 g/mol. The quantitative estimate of drug-likeness (QED) is 0.693. The summed E-state index contributed by atoms with van der Waals surface area (Å²) in [5.74, 6) is 0.404. The largest absolute Gasteiger partial charge is 0.396 e. The predicted molar refractivity (Wildman–Crippen MR) is 51.1 cm³/mol. The fraction of sp³-hybridized carbons (Fsp3) is 1.00.